The largest absolute Gasteiger partial charge is 0.478 e. The van der Waals surface area contributed by atoms with Gasteiger partial charge in [-0.3, -0.25) is 0 Å². The van der Waals surface area contributed by atoms with Gasteiger partial charge in [0.25, 0.3) is 0 Å². The Bertz CT molecular complexity index is 1020. The van der Waals surface area contributed by atoms with E-state index in [2.05, 4.69) is 37.8 Å². The number of hydrogen-bond acceptors (Lipinski definition) is 6. The average molecular weight is 594 g/mol. The molecule has 2 heterocycles. The summed E-state index contributed by atoms with van der Waals surface area (Å²) in [5.41, 5.74) is 7.02. The van der Waals surface area contributed by atoms with E-state index in [0.717, 1.165) is 60.1 Å². The summed E-state index contributed by atoms with van der Waals surface area (Å²) in [6, 6.07) is 10.9. The number of hydrogen-bond donors (Lipinski definition) is 3. The number of unbranched alkanes of at least 4 members (excludes halogenated alkanes) is 1. The SMILES string of the molecule is CC(C)(Cc1cccc(N)n1)OC(=O)NCCCCC1CCN(c2cc(I)ccc2C(=O)O)CC1. The van der Waals surface area contributed by atoms with E-state index in [1.807, 2.05) is 38.1 Å². The molecular formula is C26H35IN4O4. The minimum absolute atomic E-state index is 0.370. The van der Waals surface area contributed by atoms with Crippen LogP contribution in [0.15, 0.2) is 36.4 Å². The third-order valence-electron chi connectivity index (χ3n) is 6.26. The van der Waals surface area contributed by atoms with Crippen LogP contribution in [-0.4, -0.2) is 47.4 Å². The lowest BCUT2D eigenvalue weighted by Crippen LogP contribution is -2.37. The summed E-state index contributed by atoms with van der Waals surface area (Å²) in [6.07, 6.45) is 5.20. The van der Waals surface area contributed by atoms with Gasteiger partial charge in [0.05, 0.1) is 11.3 Å². The molecule has 1 aromatic carbocycles. The Morgan fingerprint density at radius 3 is 2.66 bits per heavy atom. The van der Waals surface area contributed by atoms with E-state index in [1.54, 1.807) is 12.1 Å². The number of pyridine rings is 1. The van der Waals surface area contributed by atoms with Gasteiger partial charge in [0.1, 0.15) is 11.4 Å². The van der Waals surface area contributed by atoms with Crippen LogP contribution in [-0.2, 0) is 11.2 Å². The predicted molar refractivity (Wildman–Crippen MR) is 146 cm³/mol. The Labute approximate surface area is 220 Å². The molecule has 1 aliphatic rings. The number of carboxylic acid groups (broad SMARTS) is 1. The highest BCUT2D eigenvalue weighted by atomic mass is 127. The van der Waals surface area contributed by atoms with Crippen molar-refractivity contribution in [1.29, 1.82) is 0 Å². The van der Waals surface area contributed by atoms with Crippen LogP contribution in [0.25, 0.3) is 0 Å². The van der Waals surface area contributed by atoms with E-state index in [-0.39, 0.29) is 0 Å². The highest BCUT2D eigenvalue weighted by Crippen LogP contribution is 2.30. The second-order valence-electron chi connectivity index (χ2n) is 9.70. The molecule has 2 aromatic rings. The lowest BCUT2D eigenvalue weighted by Gasteiger charge is -2.34. The minimum Gasteiger partial charge on any atom is -0.478 e. The number of aromatic carboxylic acids is 1. The molecule has 1 aromatic heterocycles. The standard InChI is InChI=1S/C26H35IN4O4/c1-26(2,17-20-7-5-8-23(28)30-20)35-25(34)29-13-4-3-6-18-11-14-31(15-12-18)22-16-19(27)9-10-21(22)24(32)33/h5,7-10,16,18H,3-4,6,11-15,17H2,1-2H3,(H2,28,30)(H,29,34)(H,32,33). The fraction of sp³-hybridized carbons (Fsp3) is 0.500. The highest BCUT2D eigenvalue weighted by Gasteiger charge is 2.25. The number of benzene rings is 1. The number of halogens is 1. The van der Waals surface area contributed by atoms with Crippen LogP contribution in [0.3, 0.4) is 0 Å². The van der Waals surface area contributed by atoms with E-state index < -0.39 is 17.7 Å². The Hall–Kier alpha value is -2.56. The van der Waals surface area contributed by atoms with Crippen molar-refractivity contribution in [3.63, 3.8) is 0 Å². The first-order valence-electron chi connectivity index (χ1n) is 12.1. The van der Waals surface area contributed by atoms with Gasteiger partial charge in [0.2, 0.25) is 0 Å². The monoisotopic (exact) mass is 594 g/mol. The first kappa shape index (κ1) is 27.0. The molecule has 0 radical (unpaired) electrons. The van der Waals surface area contributed by atoms with Crippen molar-refractivity contribution in [3.8, 4) is 0 Å². The number of nitrogens with zero attached hydrogens (tertiary/aromatic N) is 2. The average Bonchev–Trinajstić information content (AvgIpc) is 2.78. The molecule has 0 atom stereocenters. The molecule has 0 unspecified atom stereocenters. The number of nitrogen functional groups attached to an aromatic ring is 1. The molecule has 190 valence electrons. The van der Waals surface area contributed by atoms with Gasteiger partial charge in [0, 0.05) is 35.3 Å². The summed E-state index contributed by atoms with van der Waals surface area (Å²) in [7, 11) is 0. The predicted octanol–water partition coefficient (Wildman–Crippen LogP) is 5.10. The molecule has 1 fully saturated rings. The van der Waals surface area contributed by atoms with Crippen LogP contribution in [0.2, 0.25) is 0 Å². The van der Waals surface area contributed by atoms with Crippen LogP contribution in [0.5, 0.6) is 0 Å². The summed E-state index contributed by atoms with van der Waals surface area (Å²) < 4.78 is 6.63. The normalized spacial score (nSPS) is 14.5. The first-order valence-corrected chi connectivity index (χ1v) is 13.2. The maximum Gasteiger partial charge on any atom is 0.407 e. The lowest BCUT2D eigenvalue weighted by molar-refractivity contribution is 0.0386. The number of carboxylic acids is 1. The molecule has 3 rings (SSSR count). The second kappa shape index (κ2) is 12.4. The zero-order valence-electron chi connectivity index (χ0n) is 20.4. The number of amides is 1. The molecule has 0 aliphatic carbocycles. The molecule has 1 amide bonds. The van der Waals surface area contributed by atoms with E-state index >= 15 is 0 Å². The number of anilines is 2. The topological polar surface area (TPSA) is 118 Å². The number of carbonyl (C=O) groups excluding carboxylic acids is 1. The Morgan fingerprint density at radius 1 is 1.23 bits per heavy atom. The van der Waals surface area contributed by atoms with Crippen LogP contribution in [0.4, 0.5) is 16.3 Å². The van der Waals surface area contributed by atoms with Gasteiger partial charge in [-0.05, 0) is 92.0 Å². The maximum absolute atomic E-state index is 12.2. The molecule has 1 aliphatic heterocycles. The molecule has 8 nitrogen and oxygen atoms in total. The number of rotatable bonds is 10. The third kappa shape index (κ3) is 8.55. The zero-order chi connectivity index (χ0) is 25.4. The van der Waals surface area contributed by atoms with Gasteiger partial charge in [-0.1, -0.05) is 18.9 Å². The zero-order valence-corrected chi connectivity index (χ0v) is 22.6. The fourth-order valence-corrected chi connectivity index (χ4v) is 4.99. The molecule has 0 spiro atoms. The number of nitrogens with one attached hydrogen (secondary N) is 1. The Balaban J connectivity index is 1.33. The number of carbonyl (C=O) groups is 2. The van der Waals surface area contributed by atoms with Crippen molar-refractivity contribution in [2.45, 2.75) is 58.0 Å². The van der Waals surface area contributed by atoms with Crippen molar-refractivity contribution >= 4 is 46.2 Å². The summed E-state index contributed by atoms with van der Waals surface area (Å²) in [5, 5.41) is 12.4. The molecule has 1 saturated heterocycles. The van der Waals surface area contributed by atoms with Crippen molar-refractivity contribution in [1.82, 2.24) is 10.3 Å². The number of aromatic nitrogens is 1. The summed E-state index contributed by atoms with van der Waals surface area (Å²) in [4.78, 5) is 30.3. The van der Waals surface area contributed by atoms with Crippen LogP contribution >= 0.6 is 22.6 Å². The fourth-order valence-electron chi connectivity index (χ4n) is 4.51. The smallest absolute Gasteiger partial charge is 0.407 e. The minimum atomic E-state index is -0.880. The third-order valence-corrected chi connectivity index (χ3v) is 6.93. The summed E-state index contributed by atoms with van der Waals surface area (Å²) >= 11 is 2.22. The quantitative estimate of drug-likeness (QED) is 0.259. The molecule has 35 heavy (non-hydrogen) atoms. The van der Waals surface area contributed by atoms with Crippen molar-refractivity contribution in [2.75, 3.05) is 30.3 Å². The molecule has 0 bridgehead atoms. The van der Waals surface area contributed by atoms with Gasteiger partial charge in [-0.2, -0.15) is 0 Å². The number of alkyl carbamates (subject to hydrolysis) is 1. The number of piperidine rings is 1. The van der Waals surface area contributed by atoms with Crippen LogP contribution < -0.4 is 16.0 Å². The van der Waals surface area contributed by atoms with E-state index in [9.17, 15) is 14.7 Å². The van der Waals surface area contributed by atoms with Crippen LogP contribution in [0, 0.1) is 9.49 Å². The van der Waals surface area contributed by atoms with Gasteiger partial charge < -0.3 is 25.8 Å². The summed E-state index contributed by atoms with van der Waals surface area (Å²) in [5.74, 6) is 0.196. The molecule has 4 N–H and O–H groups in total. The van der Waals surface area contributed by atoms with E-state index in [1.165, 1.54) is 0 Å². The Morgan fingerprint density at radius 2 is 1.97 bits per heavy atom. The Kier molecular flexibility index (Phi) is 9.59. The molecular weight excluding hydrogens is 559 g/mol. The molecule has 0 saturated carbocycles. The van der Waals surface area contributed by atoms with Gasteiger partial charge in [0.15, 0.2) is 0 Å². The number of ether oxygens (including phenoxy) is 1. The molecule has 9 heteroatoms. The maximum atomic E-state index is 12.2. The van der Waals surface area contributed by atoms with E-state index in [4.69, 9.17) is 10.5 Å². The first-order chi connectivity index (χ1) is 16.6. The van der Waals surface area contributed by atoms with Crippen molar-refractivity contribution in [3.05, 3.63) is 51.2 Å². The highest BCUT2D eigenvalue weighted by molar-refractivity contribution is 14.1. The number of nitrogens with two attached hydrogens (primary N) is 1. The van der Waals surface area contributed by atoms with Gasteiger partial charge in [-0.15, -0.1) is 0 Å². The van der Waals surface area contributed by atoms with E-state index in [0.29, 0.717) is 30.3 Å². The second-order valence-corrected chi connectivity index (χ2v) is 10.9. The van der Waals surface area contributed by atoms with Gasteiger partial charge >= 0.3 is 12.1 Å². The summed E-state index contributed by atoms with van der Waals surface area (Å²) in [6.45, 7) is 6.03. The van der Waals surface area contributed by atoms with Crippen molar-refractivity contribution in [2.24, 2.45) is 5.92 Å². The van der Waals surface area contributed by atoms with Gasteiger partial charge in [-0.25, -0.2) is 14.6 Å². The van der Waals surface area contributed by atoms with Crippen LogP contribution in [0.1, 0.15) is 62.0 Å². The van der Waals surface area contributed by atoms with Crippen molar-refractivity contribution < 1.29 is 19.4 Å². The lowest BCUT2D eigenvalue weighted by atomic mass is 9.91.